The van der Waals surface area contributed by atoms with Crippen molar-refractivity contribution in [3.05, 3.63) is 29.3 Å². The third-order valence-electron chi connectivity index (χ3n) is 6.06. The molecule has 5 nitrogen and oxygen atoms in total. The number of carbonyl (C=O) groups excluding carboxylic acids is 1. The van der Waals surface area contributed by atoms with E-state index >= 15 is 0 Å². The lowest BCUT2D eigenvalue weighted by Gasteiger charge is -2.39. The van der Waals surface area contributed by atoms with Crippen molar-refractivity contribution in [3.63, 3.8) is 0 Å². The quantitative estimate of drug-likeness (QED) is 0.781. The van der Waals surface area contributed by atoms with E-state index in [4.69, 9.17) is 4.74 Å². The lowest BCUT2D eigenvalue weighted by atomic mass is 9.74. The highest BCUT2D eigenvalue weighted by Crippen LogP contribution is 2.40. The zero-order valence-corrected chi connectivity index (χ0v) is 14.5. The van der Waals surface area contributed by atoms with Crippen LogP contribution >= 0.6 is 0 Å². The summed E-state index contributed by atoms with van der Waals surface area (Å²) in [4.78, 5) is 12.8. The van der Waals surface area contributed by atoms with Crippen LogP contribution in [0.15, 0.2) is 18.2 Å². The van der Waals surface area contributed by atoms with E-state index in [2.05, 4.69) is 11.4 Å². The molecule has 1 aromatic carbocycles. The first kappa shape index (κ1) is 16.9. The molecule has 25 heavy (non-hydrogen) atoms. The van der Waals surface area contributed by atoms with Gasteiger partial charge in [-0.15, -0.1) is 0 Å². The van der Waals surface area contributed by atoms with Crippen LogP contribution in [0, 0.1) is 11.8 Å². The van der Waals surface area contributed by atoms with Crippen molar-refractivity contribution >= 4 is 5.91 Å². The second kappa shape index (κ2) is 6.96. The Morgan fingerprint density at radius 2 is 1.88 bits per heavy atom. The van der Waals surface area contributed by atoms with Gasteiger partial charge in [0, 0.05) is 12.3 Å². The minimum Gasteiger partial charge on any atom is -0.493 e. The molecule has 2 fully saturated rings. The lowest BCUT2D eigenvalue weighted by Crippen LogP contribution is -2.44. The van der Waals surface area contributed by atoms with Gasteiger partial charge in [0.05, 0.1) is 24.9 Å². The number of aliphatic hydroxyl groups is 2. The van der Waals surface area contributed by atoms with Gasteiger partial charge in [0.15, 0.2) is 0 Å². The van der Waals surface area contributed by atoms with Crippen LogP contribution in [-0.2, 0) is 11.2 Å². The van der Waals surface area contributed by atoms with Gasteiger partial charge in [-0.05, 0) is 67.7 Å². The third kappa shape index (κ3) is 3.53. The fourth-order valence-electron chi connectivity index (χ4n) is 4.38. The molecule has 1 aliphatic heterocycles. The molecule has 1 atom stereocenters. The molecule has 2 saturated carbocycles. The zero-order valence-electron chi connectivity index (χ0n) is 14.5. The van der Waals surface area contributed by atoms with Crippen molar-refractivity contribution in [2.45, 2.75) is 63.2 Å². The molecular weight excluding hydrogens is 318 g/mol. The Morgan fingerprint density at radius 1 is 1.12 bits per heavy atom. The SMILES string of the molecule is O=C(NC(c1ccc2c(c1)CCO2)C1CC(O)C1)C1CCC(O)CC1. The topological polar surface area (TPSA) is 78.8 Å². The first-order valence-electron chi connectivity index (χ1n) is 9.52. The van der Waals surface area contributed by atoms with Gasteiger partial charge in [0.25, 0.3) is 0 Å². The van der Waals surface area contributed by atoms with Crippen LogP contribution in [0.4, 0.5) is 0 Å². The van der Waals surface area contributed by atoms with E-state index in [0.717, 1.165) is 50.0 Å². The molecule has 0 spiro atoms. The Balaban J connectivity index is 1.49. The summed E-state index contributed by atoms with van der Waals surface area (Å²) in [6.07, 6.45) is 4.82. The Kier molecular flexibility index (Phi) is 4.69. The smallest absolute Gasteiger partial charge is 0.223 e. The number of benzene rings is 1. The van der Waals surface area contributed by atoms with Crippen molar-refractivity contribution in [1.29, 1.82) is 0 Å². The highest BCUT2D eigenvalue weighted by Gasteiger charge is 2.37. The van der Waals surface area contributed by atoms with Crippen molar-refractivity contribution in [2.75, 3.05) is 6.61 Å². The van der Waals surface area contributed by atoms with E-state index in [1.807, 2.05) is 12.1 Å². The zero-order chi connectivity index (χ0) is 17.4. The molecule has 136 valence electrons. The summed E-state index contributed by atoms with van der Waals surface area (Å²) in [5.41, 5.74) is 2.32. The van der Waals surface area contributed by atoms with Crippen molar-refractivity contribution in [3.8, 4) is 5.75 Å². The summed E-state index contributed by atoms with van der Waals surface area (Å²) in [7, 11) is 0. The molecule has 0 aromatic heterocycles. The molecule has 2 aliphatic carbocycles. The van der Waals surface area contributed by atoms with Gasteiger partial charge >= 0.3 is 0 Å². The van der Waals surface area contributed by atoms with Gasteiger partial charge in [-0.1, -0.05) is 6.07 Å². The molecule has 1 heterocycles. The molecule has 5 heteroatoms. The number of ether oxygens (including phenoxy) is 1. The molecule has 0 saturated heterocycles. The minimum atomic E-state index is -0.252. The molecule has 1 amide bonds. The monoisotopic (exact) mass is 345 g/mol. The van der Waals surface area contributed by atoms with Gasteiger partial charge < -0.3 is 20.3 Å². The molecule has 3 aliphatic rings. The predicted octanol–water partition coefficient (Wildman–Crippen LogP) is 2.10. The summed E-state index contributed by atoms with van der Waals surface area (Å²) in [5.74, 6) is 1.32. The van der Waals surface area contributed by atoms with E-state index in [1.54, 1.807) is 0 Å². The highest BCUT2D eigenvalue weighted by atomic mass is 16.5. The molecular formula is C20H27NO4. The first-order valence-corrected chi connectivity index (χ1v) is 9.52. The summed E-state index contributed by atoms with van der Waals surface area (Å²) < 4.78 is 5.59. The molecule has 1 unspecified atom stereocenters. The Labute approximate surface area is 148 Å². The number of hydrogen-bond acceptors (Lipinski definition) is 4. The van der Waals surface area contributed by atoms with Crippen LogP contribution in [0.5, 0.6) is 5.75 Å². The Morgan fingerprint density at radius 3 is 2.60 bits per heavy atom. The van der Waals surface area contributed by atoms with Crippen molar-refractivity contribution in [2.24, 2.45) is 11.8 Å². The van der Waals surface area contributed by atoms with Crippen LogP contribution in [-0.4, -0.2) is 34.9 Å². The van der Waals surface area contributed by atoms with E-state index in [1.165, 1.54) is 5.56 Å². The number of hydrogen-bond donors (Lipinski definition) is 3. The summed E-state index contributed by atoms with van der Waals surface area (Å²) in [5, 5.41) is 22.6. The molecule has 0 bridgehead atoms. The van der Waals surface area contributed by atoms with Crippen LogP contribution in [0.25, 0.3) is 0 Å². The number of fused-ring (bicyclic) bond motifs is 1. The number of amides is 1. The highest BCUT2D eigenvalue weighted by molar-refractivity contribution is 5.79. The van der Waals surface area contributed by atoms with Crippen LogP contribution in [0.3, 0.4) is 0 Å². The predicted molar refractivity (Wildman–Crippen MR) is 93.2 cm³/mol. The van der Waals surface area contributed by atoms with Crippen molar-refractivity contribution in [1.82, 2.24) is 5.32 Å². The van der Waals surface area contributed by atoms with Gasteiger partial charge in [-0.2, -0.15) is 0 Å². The lowest BCUT2D eigenvalue weighted by molar-refractivity contribution is -0.128. The minimum absolute atomic E-state index is 0.00587. The van der Waals surface area contributed by atoms with Gasteiger partial charge in [0.2, 0.25) is 5.91 Å². The fraction of sp³-hybridized carbons (Fsp3) is 0.650. The first-order chi connectivity index (χ1) is 12.1. The third-order valence-corrected chi connectivity index (χ3v) is 6.06. The number of rotatable bonds is 4. The number of nitrogens with one attached hydrogen (secondary N) is 1. The van der Waals surface area contributed by atoms with Crippen LogP contribution in [0.1, 0.15) is 55.7 Å². The normalized spacial score (nSPS) is 32.2. The Bertz CT molecular complexity index is 633. The maximum absolute atomic E-state index is 12.8. The Hall–Kier alpha value is -1.59. The summed E-state index contributed by atoms with van der Waals surface area (Å²) in [6, 6.07) is 6.16. The summed E-state index contributed by atoms with van der Waals surface area (Å²) >= 11 is 0. The average molecular weight is 345 g/mol. The molecule has 4 rings (SSSR count). The average Bonchev–Trinajstić information content (AvgIpc) is 3.05. The summed E-state index contributed by atoms with van der Waals surface area (Å²) in [6.45, 7) is 0.725. The van der Waals surface area contributed by atoms with Gasteiger partial charge in [-0.3, -0.25) is 4.79 Å². The second-order valence-corrected chi connectivity index (χ2v) is 7.84. The molecule has 0 radical (unpaired) electrons. The molecule has 3 N–H and O–H groups in total. The van der Waals surface area contributed by atoms with Crippen LogP contribution < -0.4 is 10.1 Å². The fourth-order valence-corrected chi connectivity index (χ4v) is 4.38. The van der Waals surface area contributed by atoms with Crippen LogP contribution in [0.2, 0.25) is 0 Å². The van der Waals surface area contributed by atoms with Gasteiger partial charge in [0.1, 0.15) is 5.75 Å². The van der Waals surface area contributed by atoms with E-state index in [9.17, 15) is 15.0 Å². The second-order valence-electron chi connectivity index (χ2n) is 7.84. The number of aliphatic hydroxyl groups excluding tert-OH is 2. The standard InChI is InChI=1S/C20H27NO4/c22-16-4-1-12(2-5-16)20(24)21-19(15-10-17(23)11-15)14-3-6-18-13(9-14)7-8-25-18/h3,6,9,12,15-17,19,22-23H,1-2,4-5,7-8,10-11H2,(H,21,24). The van der Waals surface area contributed by atoms with E-state index in [0.29, 0.717) is 12.8 Å². The van der Waals surface area contributed by atoms with E-state index in [-0.39, 0.29) is 36.0 Å². The largest absolute Gasteiger partial charge is 0.493 e. The number of carbonyl (C=O) groups is 1. The maximum Gasteiger partial charge on any atom is 0.223 e. The van der Waals surface area contributed by atoms with Gasteiger partial charge in [-0.25, -0.2) is 0 Å². The van der Waals surface area contributed by atoms with E-state index < -0.39 is 0 Å². The maximum atomic E-state index is 12.8. The van der Waals surface area contributed by atoms with Crippen molar-refractivity contribution < 1.29 is 19.7 Å². The molecule has 1 aromatic rings.